The Kier molecular flexibility index (Phi) is 5.41. The number of benzene rings is 2. The molecule has 1 aliphatic heterocycles. The van der Waals surface area contributed by atoms with Crippen molar-refractivity contribution in [3.63, 3.8) is 0 Å². The maximum absolute atomic E-state index is 12.6. The topological polar surface area (TPSA) is 61.9 Å². The molecule has 0 unspecified atom stereocenters. The predicted molar refractivity (Wildman–Crippen MR) is 102 cm³/mol. The molecule has 3 amide bonds. The van der Waals surface area contributed by atoms with E-state index in [0.29, 0.717) is 19.7 Å². The van der Waals surface area contributed by atoms with Crippen molar-refractivity contribution in [2.24, 2.45) is 0 Å². The van der Waals surface area contributed by atoms with Gasteiger partial charge in [0.15, 0.2) is 0 Å². The van der Waals surface area contributed by atoms with Crippen LogP contribution < -0.4 is 15.0 Å². The number of carbonyl (C=O) groups excluding carboxylic acids is 2. The van der Waals surface area contributed by atoms with Gasteiger partial charge in [-0.15, -0.1) is 0 Å². The molecule has 1 saturated heterocycles. The number of para-hydroxylation sites is 1. The van der Waals surface area contributed by atoms with E-state index < -0.39 is 0 Å². The highest BCUT2D eigenvalue weighted by Crippen LogP contribution is 2.23. The van der Waals surface area contributed by atoms with Crippen LogP contribution in [-0.4, -0.2) is 43.1 Å². The third-order valence-corrected chi connectivity index (χ3v) is 4.31. The smallest absolute Gasteiger partial charge is 0.325 e. The Morgan fingerprint density at radius 1 is 1.12 bits per heavy atom. The summed E-state index contributed by atoms with van der Waals surface area (Å²) in [6.07, 6.45) is 0. The summed E-state index contributed by atoms with van der Waals surface area (Å²) in [5, 5.41) is 2.87. The van der Waals surface area contributed by atoms with E-state index in [2.05, 4.69) is 5.32 Å². The van der Waals surface area contributed by atoms with Crippen LogP contribution in [0.15, 0.2) is 48.5 Å². The minimum atomic E-state index is -0.193. The standard InChI is InChI=1S/C20H23N3O3/c1-3-26-17-10-8-16(9-11-17)23-13-12-22(20(23)25)14-19(24)21-18-7-5-4-6-15(18)2/h4-11H,3,12-14H2,1-2H3,(H,21,24). The molecule has 0 radical (unpaired) electrons. The Balaban J connectivity index is 1.60. The molecule has 1 heterocycles. The van der Waals surface area contributed by atoms with Crippen molar-refractivity contribution in [3.8, 4) is 5.75 Å². The van der Waals surface area contributed by atoms with Crippen molar-refractivity contribution in [2.45, 2.75) is 13.8 Å². The first kappa shape index (κ1) is 17.8. The van der Waals surface area contributed by atoms with E-state index >= 15 is 0 Å². The van der Waals surface area contributed by atoms with Crippen LogP contribution in [0.2, 0.25) is 0 Å². The third-order valence-electron chi connectivity index (χ3n) is 4.31. The Labute approximate surface area is 153 Å². The summed E-state index contributed by atoms with van der Waals surface area (Å²) in [6, 6.07) is 14.8. The first-order chi connectivity index (χ1) is 12.6. The lowest BCUT2D eigenvalue weighted by molar-refractivity contribution is -0.116. The summed E-state index contributed by atoms with van der Waals surface area (Å²) in [5.74, 6) is 0.582. The number of urea groups is 1. The number of hydrogen-bond acceptors (Lipinski definition) is 3. The van der Waals surface area contributed by atoms with Gasteiger partial charge in [-0.25, -0.2) is 4.79 Å². The molecule has 2 aromatic carbocycles. The van der Waals surface area contributed by atoms with Gasteiger partial charge in [0.2, 0.25) is 5.91 Å². The van der Waals surface area contributed by atoms with E-state index in [1.807, 2.05) is 62.4 Å². The van der Waals surface area contributed by atoms with Crippen molar-refractivity contribution >= 4 is 23.3 Å². The normalized spacial score (nSPS) is 13.8. The third kappa shape index (κ3) is 3.96. The number of carbonyl (C=O) groups is 2. The van der Waals surface area contributed by atoms with Crippen LogP contribution in [0.1, 0.15) is 12.5 Å². The Hall–Kier alpha value is -3.02. The molecule has 26 heavy (non-hydrogen) atoms. The highest BCUT2D eigenvalue weighted by atomic mass is 16.5. The van der Waals surface area contributed by atoms with Crippen molar-refractivity contribution in [1.29, 1.82) is 0 Å². The lowest BCUT2D eigenvalue weighted by Gasteiger charge is -2.19. The average Bonchev–Trinajstić information content (AvgIpc) is 2.98. The largest absolute Gasteiger partial charge is 0.494 e. The minimum Gasteiger partial charge on any atom is -0.494 e. The van der Waals surface area contributed by atoms with Gasteiger partial charge >= 0.3 is 6.03 Å². The van der Waals surface area contributed by atoms with Gasteiger partial charge in [0.1, 0.15) is 12.3 Å². The van der Waals surface area contributed by atoms with Crippen LogP contribution in [-0.2, 0) is 4.79 Å². The van der Waals surface area contributed by atoms with E-state index in [9.17, 15) is 9.59 Å². The predicted octanol–water partition coefficient (Wildman–Crippen LogP) is 3.27. The van der Waals surface area contributed by atoms with Gasteiger partial charge in [0, 0.05) is 24.5 Å². The van der Waals surface area contributed by atoms with Crippen molar-refractivity contribution in [3.05, 3.63) is 54.1 Å². The number of hydrogen-bond donors (Lipinski definition) is 1. The summed E-state index contributed by atoms with van der Waals surface area (Å²) in [4.78, 5) is 28.1. The van der Waals surface area contributed by atoms with Gasteiger partial charge in [-0.3, -0.25) is 9.69 Å². The number of ether oxygens (including phenoxy) is 1. The Bertz CT molecular complexity index is 789. The van der Waals surface area contributed by atoms with Crippen LogP contribution in [0, 0.1) is 6.92 Å². The fraction of sp³-hybridized carbons (Fsp3) is 0.300. The maximum Gasteiger partial charge on any atom is 0.325 e. The average molecular weight is 353 g/mol. The first-order valence-corrected chi connectivity index (χ1v) is 8.73. The highest BCUT2D eigenvalue weighted by Gasteiger charge is 2.30. The maximum atomic E-state index is 12.6. The van der Waals surface area contributed by atoms with E-state index in [-0.39, 0.29) is 18.5 Å². The van der Waals surface area contributed by atoms with Gasteiger partial charge in [-0.1, -0.05) is 18.2 Å². The van der Waals surface area contributed by atoms with Crippen LogP contribution in [0.5, 0.6) is 5.75 Å². The molecule has 1 aliphatic rings. The lowest BCUT2D eigenvalue weighted by Crippen LogP contribution is -2.37. The fourth-order valence-corrected chi connectivity index (χ4v) is 2.93. The van der Waals surface area contributed by atoms with Crippen LogP contribution >= 0.6 is 0 Å². The lowest BCUT2D eigenvalue weighted by atomic mass is 10.2. The molecule has 2 aromatic rings. The number of rotatable bonds is 6. The quantitative estimate of drug-likeness (QED) is 0.867. The van der Waals surface area contributed by atoms with E-state index in [4.69, 9.17) is 4.74 Å². The Morgan fingerprint density at radius 3 is 2.54 bits per heavy atom. The molecule has 3 rings (SSSR count). The van der Waals surface area contributed by atoms with Crippen molar-refractivity contribution in [1.82, 2.24) is 4.90 Å². The van der Waals surface area contributed by atoms with Gasteiger partial charge in [0.25, 0.3) is 0 Å². The summed E-state index contributed by atoms with van der Waals surface area (Å²) in [7, 11) is 0. The number of nitrogens with one attached hydrogen (secondary N) is 1. The molecule has 1 fully saturated rings. The molecular formula is C20H23N3O3. The number of nitrogens with zero attached hydrogens (tertiary/aromatic N) is 2. The minimum absolute atomic E-state index is 0.0424. The van der Waals surface area contributed by atoms with Gasteiger partial charge in [-0.2, -0.15) is 0 Å². The summed E-state index contributed by atoms with van der Waals surface area (Å²) in [6.45, 7) is 5.59. The van der Waals surface area contributed by atoms with Gasteiger partial charge in [-0.05, 0) is 49.7 Å². The van der Waals surface area contributed by atoms with E-state index in [1.54, 1.807) is 9.80 Å². The second-order valence-corrected chi connectivity index (χ2v) is 6.15. The van der Waals surface area contributed by atoms with Crippen LogP contribution in [0.3, 0.4) is 0 Å². The second-order valence-electron chi connectivity index (χ2n) is 6.15. The zero-order chi connectivity index (χ0) is 18.5. The van der Waals surface area contributed by atoms with Gasteiger partial charge < -0.3 is 15.0 Å². The van der Waals surface area contributed by atoms with E-state index in [1.165, 1.54) is 0 Å². The molecule has 0 aromatic heterocycles. The molecule has 6 nitrogen and oxygen atoms in total. The second kappa shape index (κ2) is 7.91. The highest BCUT2D eigenvalue weighted by molar-refractivity contribution is 5.99. The number of anilines is 2. The molecule has 0 aliphatic carbocycles. The molecule has 1 N–H and O–H groups in total. The summed E-state index contributed by atoms with van der Waals surface area (Å²) >= 11 is 0. The van der Waals surface area contributed by atoms with E-state index in [0.717, 1.165) is 22.7 Å². The van der Waals surface area contributed by atoms with Crippen molar-refractivity contribution < 1.29 is 14.3 Å². The van der Waals surface area contributed by atoms with Crippen LogP contribution in [0.4, 0.5) is 16.2 Å². The molecule has 6 heteroatoms. The monoisotopic (exact) mass is 353 g/mol. The molecule has 0 bridgehead atoms. The van der Waals surface area contributed by atoms with Crippen LogP contribution in [0.25, 0.3) is 0 Å². The summed E-state index contributed by atoms with van der Waals surface area (Å²) in [5.41, 5.74) is 2.57. The number of aryl methyl sites for hydroxylation is 1. The molecule has 136 valence electrons. The van der Waals surface area contributed by atoms with Crippen molar-refractivity contribution in [2.75, 3.05) is 36.5 Å². The zero-order valence-electron chi connectivity index (χ0n) is 15.1. The Morgan fingerprint density at radius 2 is 1.85 bits per heavy atom. The zero-order valence-corrected chi connectivity index (χ0v) is 15.1. The molecule has 0 spiro atoms. The fourth-order valence-electron chi connectivity index (χ4n) is 2.93. The SMILES string of the molecule is CCOc1ccc(N2CCN(CC(=O)Nc3ccccc3C)C2=O)cc1. The molecule has 0 atom stereocenters. The van der Waals surface area contributed by atoms with Gasteiger partial charge in [0.05, 0.1) is 6.61 Å². The summed E-state index contributed by atoms with van der Waals surface area (Å²) < 4.78 is 5.42. The molecular weight excluding hydrogens is 330 g/mol. The molecule has 0 saturated carbocycles. The first-order valence-electron chi connectivity index (χ1n) is 8.73. The number of amides is 3.